The van der Waals surface area contributed by atoms with Gasteiger partial charge in [-0.1, -0.05) is 6.42 Å². The molecule has 2 saturated heterocycles. The summed E-state index contributed by atoms with van der Waals surface area (Å²) in [4.78, 5) is 14.5. The van der Waals surface area contributed by atoms with Gasteiger partial charge in [0.15, 0.2) is 5.82 Å². The van der Waals surface area contributed by atoms with Crippen molar-refractivity contribution >= 4 is 6.03 Å². The maximum atomic E-state index is 12.5. The van der Waals surface area contributed by atoms with Crippen molar-refractivity contribution in [1.82, 2.24) is 30.4 Å². The van der Waals surface area contributed by atoms with E-state index in [2.05, 4.69) is 20.8 Å². The second-order valence-corrected chi connectivity index (χ2v) is 7.04. The van der Waals surface area contributed by atoms with E-state index in [1.54, 1.807) is 11.7 Å². The van der Waals surface area contributed by atoms with Gasteiger partial charge in [0, 0.05) is 38.6 Å². The average molecular weight is 320 g/mol. The van der Waals surface area contributed by atoms with Crippen LogP contribution in [0.4, 0.5) is 4.79 Å². The van der Waals surface area contributed by atoms with E-state index in [4.69, 9.17) is 4.74 Å². The van der Waals surface area contributed by atoms with Crippen LogP contribution < -0.4 is 5.32 Å². The second kappa shape index (κ2) is 5.74. The highest BCUT2D eigenvalue weighted by molar-refractivity contribution is 5.76. The van der Waals surface area contributed by atoms with Gasteiger partial charge >= 0.3 is 6.03 Å². The molecule has 2 aliphatic heterocycles. The first kappa shape index (κ1) is 14.9. The summed E-state index contributed by atoms with van der Waals surface area (Å²) < 4.78 is 7.53. The molecule has 2 unspecified atom stereocenters. The van der Waals surface area contributed by atoms with Gasteiger partial charge in [-0.2, -0.15) is 0 Å². The summed E-state index contributed by atoms with van der Waals surface area (Å²) >= 11 is 0. The zero-order chi connectivity index (χ0) is 15.9. The van der Waals surface area contributed by atoms with Gasteiger partial charge in [0.2, 0.25) is 0 Å². The maximum Gasteiger partial charge on any atom is 0.317 e. The fraction of sp³-hybridized carbons (Fsp3) is 0.867. The van der Waals surface area contributed by atoms with E-state index in [1.165, 1.54) is 19.3 Å². The number of likely N-dealkylation sites (tertiary alicyclic amines) is 1. The van der Waals surface area contributed by atoms with Crippen molar-refractivity contribution in [2.24, 2.45) is 12.5 Å². The molecular formula is C15H24N6O2. The number of aromatic nitrogens is 4. The van der Waals surface area contributed by atoms with Crippen LogP contribution in [-0.4, -0.2) is 63.0 Å². The molecule has 8 heteroatoms. The first-order valence-electron chi connectivity index (χ1n) is 8.57. The lowest BCUT2D eigenvalue weighted by molar-refractivity contribution is -0.147. The molecule has 1 aliphatic carbocycles. The van der Waals surface area contributed by atoms with E-state index < -0.39 is 0 Å². The summed E-state index contributed by atoms with van der Waals surface area (Å²) in [6.45, 7) is 2.27. The molecule has 1 spiro atoms. The van der Waals surface area contributed by atoms with Crippen LogP contribution in [0.5, 0.6) is 0 Å². The fourth-order valence-corrected chi connectivity index (χ4v) is 4.32. The first-order chi connectivity index (χ1) is 11.2. The van der Waals surface area contributed by atoms with E-state index in [0.29, 0.717) is 18.4 Å². The van der Waals surface area contributed by atoms with Crippen molar-refractivity contribution in [3.8, 4) is 0 Å². The Morgan fingerprint density at radius 3 is 2.91 bits per heavy atom. The van der Waals surface area contributed by atoms with Gasteiger partial charge in [-0.05, 0) is 36.1 Å². The molecule has 23 heavy (non-hydrogen) atoms. The van der Waals surface area contributed by atoms with E-state index in [-0.39, 0.29) is 18.2 Å². The summed E-state index contributed by atoms with van der Waals surface area (Å²) in [5, 5.41) is 14.3. The third-order valence-corrected chi connectivity index (χ3v) is 5.71. The Kier molecular flexibility index (Phi) is 3.71. The molecule has 0 aromatic carbocycles. The van der Waals surface area contributed by atoms with Gasteiger partial charge in [0.05, 0.1) is 12.1 Å². The third-order valence-electron chi connectivity index (χ3n) is 5.71. The minimum Gasteiger partial charge on any atom is -0.376 e. The van der Waals surface area contributed by atoms with Crippen LogP contribution in [0, 0.1) is 5.41 Å². The molecule has 126 valence electrons. The van der Waals surface area contributed by atoms with Gasteiger partial charge < -0.3 is 15.0 Å². The smallest absolute Gasteiger partial charge is 0.317 e. The average Bonchev–Trinajstić information content (AvgIpc) is 3.09. The number of tetrazole rings is 1. The number of carbonyl (C=O) groups is 1. The SMILES string of the molecule is Cn1nnnc1CCNC(=O)N1CC2(CCC2)C1C1CCCO1. The van der Waals surface area contributed by atoms with Gasteiger partial charge in [-0.3, -0.25) is 0 Å². The lowest BCUT2D eigenvalue weighted by Crippen LogP contribution is -2.73. The van der Waals surface area contributed by atoms with Crippen molar-refractivity contribution in [1.29, 1.82) is 0 Å². The minimum absolute atomic E-state index is 0.0261. The van der Waals surface area contributed by atoms with E-state index in [9.17, 15) is 4.79 Å². The molecule has 3 aliphatic rings. The largest absolute Gasteiger partial charge is 0.376 e. The predicted octanol–water partition coefficient (Wildman–Crippen LogP) is 0.496. The van der Waals surface area contributed by atoms with Crippen LogP contribution in [0.1, 0.15) is 37.9 Å². The molecule has 1 aromatic rings. The molecule has 2 atom stereocenters. The second-order valence-electron chi connectivity index (χ2n) is 7.04. The molecule has 1 N–H and O–H groups in total. The number of nitrogens with one attached hydrogen (secondary N) is 1. The number of ether oxygens (including phenoxy) is 1. The number of urea groups is 1. The summed E-state index contributed by atoms with van der Waals surface area (Å²) in [7, 11) is 1.81. The molecule has 0 radical (unpaired) electrons. The Morgan fingerprint density at radius 2 is 2.30 bits per heavy atom. The molecule has 4 rings (SSSR count). The minimum atomic E-state index is 0.0261. The predicted molar refractivity (Wildman–Crippen MR) is 81.7 cm³/mol. The summed E-state index contributed by atoms with van der Waals surface area (Å²) in [6.07, 6.45) is 6.85. The fourth-order valence-electron chi connectivity index (χ4n) is 4.32. The Bertz CT molecular complexity index is 578. The number of hydrogen-bond donors (Lipinski definition) is 1. The van der Waals surface area contributed by atoms with Crippen molar-refractivity contribution < 1.29 is 9.53 Å². The molecule has 2 amide bonds. The van der Waals surface area contributed by atoms with Crippen LogP contribution in [0.3, 0.4) is 0 Å². The zero-order valence-corrected chi connectivity index (χ0v) is 13.6. The molecule has 8 nitrogen and oxygen atoms in total. The third kappa shape index (κ3) is 2.49. The molecular weight excluding hydrogens is 296 g/mol. The quantitative estimate of drug-likeness (QED) is 0.873. The summed E-state index contributed by atoms with van der Waals surface area (Å²) in [5.41, 5.74) is 0.347. The van der Waals surface area contributed by atoms with Crippen molar-refractivity contribution in [2.45, 2.75) is 50.7 Å². The summed E-state index contributed by atoms with van der Waals surface area (Å²) in [6, 6.07) is 0.299. The highest BCUT2D eigenvalue weighted by Crippen LogP contribution is 2.55. The van der Waals surface area contributed by atoms with Crippen LogP contribution in [-0.2, 0) is 18.2 Å². The highest BCUT2D eigenvalue weighted by Gasteiger charge is 2.60. The lowest BCUT2D eigenvalue weighted by atomic mass is 9.56. The topological polar surface area (TPSA) is 85.2 Å². The molecule has 0 bridgehead atoms. The summed E-state index contributed by atoms with van der Waals surface area (Å²) in [5.74, 6) is 0.778. The monoisotopic (exact) mass is 320 g/mol. The van der Waals surface area contributed by atoms with Crippen molar-refractivity contribution in [3.63, 3.8) is 0 Å². The van der Waals surface area contributed by atoms with Crippen molar-refractivity contribution in [2.75, 3.05) is 19.7 Å². The Hall–Kier alpha value is -1.70. The van der Waals surface area contributed by atoms with E-state index >= 15 is 0 Å². The standard InChI is InChI=1S/C15H24N6O2/c1-20-12(17-18-19-20)5-8-16-14(22)21-10-15(6-3-7-15)13(21)11-4-2-9-23-11/h11,13H,2-10H2,1H3,(H,16,22). The molecule has 1 aromatic heterocycles. The molecule has 3 heterocycles. The number of aryl methyl sites for hydroxylation is 1. The van der Waals surface area contributed by atoms with E-state index in [1.807, 2.05) is 4.90 Å². The number of carbonyl (C=O) groups excluding carboxylic acids is 1. The van der Waals surface area contributed by atoms with Crippen LogP contribution in [0.2, 0.25) is 0 Å². The molecule has 3 fully saturated rings. The lowest BCUT2D eigenvalue weighted by Gasteiger charge is -2.63. The Balaban J connectivity index is 1.33. The number of rotatable bonds is 4. The van der Waals surface area contributed by atoms with Gasteiger partial charge in [0.25, 0.3) is 0 Å². The molecule has 1 saturated carbocycles. The highest BCUT2D eigenvalue weighted by atomic mass is 16.5. The number of nitrogens with zero attached hydrogens (tertiary/aromatic N) is 5. The number of amides is 2. The zero-order valence-electron chi connectivity index (χ0n) is 13.6. The van der Waals surface area contributed by atoms with Crippen molar-refractivity contribution in [3.05, 3.63) is 5.82 Å². The van der Waals surface area contributed by atoms with Crippen LogP contribution in [0.25, 0.3) is 0 Å². The van der Waals surface area contributed by atoms with Gasteiger partial charge in [0.1, 0.15) is 0 Å². The first-order valence-corrected chi connectivity index (χ1v) is 8.57. The van der Waals surface area contributed by atoms with Crippen LogP contribution in [0.15, 0.2) is 0 Å². The normalized spacial score (nSPS) is 28.5. The van der Waals surface area contributed by atoms with E-state index in [0.717, 1.165) is 31.8 Å². The Labute approximate surface area is 135 Å². The number of hydrogen-bond acceptors (Lipinski definition) is 5. The maximum absolute atomic E-state index is 12.5. The van der Waals surface area contributed by atoms with Crippen LogP contribution >= 0.6 is 0 Å². The van der Waals surface area contributed by atoms with Gasteiger partial charge in [-0.25, -0.2) is 9.48 Å². The Morgan fingerprint density at radius 1 is 1.43 bits per heavy atom. The van der Waals surface area contributed by atoms with Gasteiger partial charge in [-0.15, -0.1) is 5.10 Å².